The van der Waals surface area contributed by atoms with Gasteiger partial charge in [0, 0.05) is 12.6 Å². The van der Waals surface area contributed by atoms with Crippen molar-refractivity contribution in [2.24, 2.45) is 0 Å². The predicted molar refractivity (Wildman–Crippen MR) is 84.4 cm³/mol. The van der Waals surface area contributed by atoms with Crippen LogP contribution in [0, 0.1) is 0 Å². The lowest BCUT2D eigenvalue weighted by Gasteiger charge is -2.14. The zero-order valence-electron chi connectivity index (χ0n) is 12.2. The molecule has 0 fully saturated rings. The molecule has 1 atom stereocenters. The summed E-state index contributed by atoms with van der Waals surface area (Å²) >= 11 is 0. The van der Waals surface area contributed by atoms with E-state index < -0.39 is 0 Å². The molecule has 19 heavy (non-hydrogen) atoms. The van der Waals surface area contributed by atoms with E-state index in [9.17, 15) is 0 Å². The van der Waals surface area contributed by atoms with Gasteiger partial charge in [-0.05, 0) is 35.7 Å². The van der Waals surface area contributed by atoms with Gasteiger partial charge >= 0.3 is 0 Å². The van der Waals surface area contributed by atoms with Crippen molar-refractivity contribution in [3.63, 3.8) is 0 Å². The van der Waals surface area contributed by atoms with Gasteiger partial charge < -0.3 is 5.32 Å². The van der Waals surface area contributed by atoms with Crippen molar-refractivity contribution in [1.29, 1.82) is 0 Å². The van der Waals surface area contributed by atoms with E-state index in [1.54, 1.807) is 0 Å². The molecular weight excluding hydrogens is 230 g/mol. The fraction of sp³-hybridized carbons (Fsp3) is 0.444. The maximum Gasteiger partial charge on any atom is 0.0208 e. The second-order valence-corrected chi connectivity index (χ2v) is 5.46. The Balaban J connectivity index is 1.87. The SMILES string of the molecule is CCCCCC(C)NCc1ccc2ccccc2c1. The Morgan fingerprint density at radius 2 is 1.79 bits per heavy atom. The molecule has 2 rings (SSSR count). The fourth-order valence-electron chi connectivity index (χ4n) is 2.44. The fourth-order valence-corrected chi connectivity index (χ4v) is 2.44. The Bertz CT molecular complexity index is 504. The minimum Gasteiger partial charge on any atom is -0.310 e. The number of benzene rings is 2. The largest absolute Gasteiger partial charge is 0.310 e. The summed E-state index contributed by atoms with van der Waals surface area (Å²) in [4.78, 5) is 0. The van der Waals surface area contributed by atoms with Crippen LogP contribution in [0.2, 0.25) is 0 Å². The van der Waals surface area contributed by atoms with Gasteiger partial charge in [0.05, 0.1) is 0 Å². The van der Waals surface area contributed by atoms with Crippen LogP contribution in [0.4, 0.5) is 0 Å². The number of unbranched alkanes of at least 4 members (excludes halogenated alkanes) is 2. The topological polar surface area (TPSA) is 12.0 Å². The van der Waals surface area contributed by atoms with Crippen molar-refractivity contribution in [3.05, 3.63) is 48.0 Å². The summed E-state index contributed by atoms with van der Waals surface area (Å²) in [5.74, 6) is 0. The first-order valence-corrected chi connectivity index (χ1v) is 7.50. The second-order valence-electron chi connectivity index (χ2n) is 5.46. The van der Waals surface area contributed by atoms with Gasteiger partial charge in [0.1, 0.15) is 0 Å². The summed E-state index contributed by atoms with van der Waals surface area (Å²) in [6.07, 6.45) is 5.27. The van der Waals surface area contributed by atoms with Gasteiger partial charge in [-0.1, -0.05) is 62.6 Å². The molecule has 1 N–H and O–H groups in total. The first-order valence-electron chi connectivity index (χ1n) is 7.50. The van der Waals surface area contributed by atoms with Crippen LogP contribution in [0.3, 0.4) is 0 Å². The summed E-state index contributed by atoms with van der Waals surface area (Å²) in [5, 5.41) is 6.28. The van der Waals surface area contributed by atoms with Crippen molar-refractivity contribution >= 4 is 10.8 Å². The van der Waals surface area contributed by atoms with Gasteiger partial charge in [-0.25, -0.2) is 0 Å². The van der Waals surface area contributed by atoms with E-state index in [0.29, 0.717) is 6.04 Å². The molecule has 1 nitrogen and oxygen atoms in total. The van der Waals surface area contributed by atoms with E-state index in [1.165, 1.54) is 42.0 Å². The lowest BCUT2D eigenvalue weighted by Crippen LogP contribution is -2.25. The summed E-state index contributed by atoms with van der Waals surface area (Å²) < 4.78 is 0. The third-order valence-electron chi connectivity index (χ3n) is 3.71. The van der Waals surface area contributed by atoms with Gasteiger partial charge in [0.2, 0.25) is 0 Å². The van der Waals surface area contributed by atoms with E-state index in [0.717, 1.165) is 6.54 Å². The van der Waals surface area contributed by atoms with E-state index in [-0.39, 0.29) is 0 Å². The van der Waals surface area contributed by atoms with Crippen LogP contribution in [0.5, 0.6) is 0 Å². The summed E-state index contributed by atoms with van der Waals surface area (Å²) in [7, 11) is 0. The Morgan fingerprint density at radius 3 is 2.58 bits per heavy atom. The molecule has 0 bridgehead atoms. The molecule has 0 spiro atoms. The highest BCUT2D eigenvalue weighted by atomic mass is 14.9. The highest BCUT2D eigenvalue weighted by Gasteiger charge is 2.02. The molecule has 0 saturated carbocycles. The van der Waals surface area contributed by atoms with Gasteiger partial charge in [0.15, 0.2) is 0 Å². The van der Waals surface area contributed by atoms with Crippen LogP contribution in [0.15, 0.2) is 42.5 Å². The Hall–Kier alpha value is -1.34. The van der Waals surface area contributed by atoms with Crippen molar-refractivity contribution in [1.82, 2.24) is 5.32 Å². The molecule has 0 amide bonds. The van der Waals surface area contributed by atoms with Crippen LogP contribution in [-0.2, 0) is 6.54 Å². The Morgan fingerprint density at radius 1 is 1.00 bits per heavy atom. The van der Waals surface area contributed by atoms with E-state index >= 15 is 0 Å². The predicted octanol–water partition coefficient (Wildman–Crippen LogP) is 4.90. The quantitative estimate of drug-likeness (QED) is 0.694. The smallest absolute Gasteiger partial charge is 0.0208 e. The Kier molecular flexibility index (Phi) is 5.41. The van der Waals surface area contributed by atoms with Gasteiger partial charge in [-0.15, -0.1) is 0 Å². The molecule has 0 heterocycles. The number of hydrogen-bond donors (Lipinski definition) is 1. The van der Waals surface area contributed by atoms with Crippen molar-refractivity contribution in [2.75, 3.05) is 0 Å². The molecule has 2 aromatic rings. The van der Waals surface area contributed by atoms with Crippen molar-refractivity contribution < 1.29 is 0 Å². The number of hydrogen-bond acceptors (Lipinski definition) is 1. The summed E-state index contributed by atoms with van der Waals surface area (Å²) in [5.41, 5.74) is 1.38. The number of rotatable bonds is 7. The van der Waals surface area contributed by atoms with E-state index in [2.05, 4.69) is 61.6 Å². The minimum atomic E-state index is 0.609. The summed E-state index contributed by atoms with van der Waals surface area (Å²) in [6.45, 7) is 5.52. The second kappa shape index (κ2) is 7.30. The van der Waals surface area contributed by atoms with Gasteiger partial charge in [0.25, 0.3) is 0 Å². The standard InChI is InChI=1S/C18H25N/c1-3-4-5-8-15(2)19-14-16-11-12-17-9-6-7-10-18(17)13-16/h6-7,9-13,15,19H,3-5,8,14H2,1-2H3. The van der Waals surface area contributed by atoms with E-state index in [4.69, 9.17) is 0 Å². The third-order valence-corrected chi connectivity index (χ3v) is 3.71. The minimum absolute atomic E-state index is 0.609. The normalized spacial score (nSPS) is 12.7. The monoisotopic (exact) mass is 255 g/mol. The molecule has 1 heteroatoms. The molecule has 2 aromatic carbocycles. The molecule has 0 aliphatic heterocycles. The highest BCUT2D eigenvalue weighted by molar-refractivity contribution is 5.82. The van der Waals surface area contributed by atoms with Gasteiger partial charge in [-0.3, -0.25) is 0 Å². The van der Waals surface area contributed by atoms with Crippen LogP contribution < -0.4 is 5.32 Å². The molecule has 0 saturated heterocycles. The average Bonchev–Trinajstić information content (AvgIpc) is 2.45. The first kappa shape index (κ1) is 14.1. The zero-order valence-corrected chi connectivity index (χ0v) is 12.2. The van der Waals surface area contributed by atoms with Gasteiger partial charge in [-0.2, -0.15) is 0 Å². The molecule has 0 aliphatic rings. The lowest BCUT2D eigenvalue weighted by atomic mass is 10.1. The maximum absolute atomic E-state index is 3.62. The zero-order chi connectivity index (χ0) is 13.5. The first-order chi connectivity index (χ1) is 9.29. The maximum atomic E-state index is 3.62. The van der Waals surface area contributed by atoms with Crippen LogP contribution >= 0.6 is 0 Å². The Labute approximate surface area is 117 Å². The lowest BCUT2D eigenvalue weighted by molar-refractivity contribution is 0.487. The summed E-state index contributed by atoms with van der Waals surface area (Å²) in [6, 6.07) is 15.9. The van der Waals surface area contributed by atoms with Crippen molar-refractivity contribution in [2.45, 2.75) is 52.1 Å². The van der Waals surface area contributed by atoms with Crippen LogP contribution in [-0.4, -0.2) is 6.04 Å². The van der Waals surface area contributed by atoms with Crippen LogP contribution in [0.25, 0.3) is 10.8 Å². The molecule has 102 valence electrons. The highest BCUT2D eigenvalue weighted by Crippen LogP contribution is 2.15. The molecular formula is C18H25N. The molecule has 1 unspecified atom stereocenters. The van der Waals surface area contributed by atoms with E-state index in [1.807, 2.05) is 0 Å². The van der Waals surface area contributed by atoms with Crippen LogP contribution in [0.1, 0.15) is 45.1 Å². The molecule has 0 radical (unpaired) electrons. The molecule has 0 aliphatic carbocycles. The number of fused-ring (bicyclic) bond motifs is 1. The van der Waals surface area contributed by atoms with Crippen molar-refractivity contribution in [3.8, 4) is 0 Å². The third kappa shape index (κ3) is 4.36. The average molecular weight is 255 g/mol. The molecule has 0 aromatic heterocycles. The number of nitrogens with one attached hydrogen (secondary N) is 1.